The minimum absolute atomic E-state index is 0.132. The van der Waals surface area contributed by atoms with Gasteiger partial charge in [0.25, 0.3) is 5.78 Å². The predicted octanol–water partition coefficient (Wildman–Crippen LogP) is 1.79. The molecule has 1 heterocycles. The summed E-state index contributed by atoms with van der Waals surface area (Å²) in [7, 11) is 0. The largest absolute Gasteiger partial charge is 0.464 e. The maximum Gasteiger partial charge on any atom is 0.419 e. The summed E-state index contributed by atoms with van der Waals surface area (Å²) in [5.74, 6) is -1.80. The molecule has 1 aromatic carbocycles. The van der Waals surface area contributed by atoms with Crippen LogP contribution in [0.25, 0.3) is 0 Å². The summed E-state index contributed by atoms with van der Waals surface area (Å²) in [5, 5.41) is 9.35. The van der Waals surface area contributed by atoms with Crippen LogP contribution in [0.4, 0.5) is 10.5 Å². The van der Waals surface area contributed by atoms with Gasteiger partial charge in [-0.3, -0.25) is 9.59 Å². The fourth-order valence-corrected chi connectivity index (χ4v) is 1.91. The van der Waals surface area contributed by atoms with Crippen molar-refractivity contribution >= 4 is 39.4 Å². The van der Waals surface area contributed by atoms with E-state index >= 15 is 0 Å². The van der Waals surface area contributed by atoms with Crippen LogP contribution in [0.15, 0.2) is 18.2 Å². The van der Waals surface area contributed by atoms with E-state index in [0.717, 1.165) is 5.56 Å². The highest BCUT2D eigenvalue weighted by Gasteiger charge is 2.39. The first-order chi connectivity index (χ1) is 7.56. The molecule has 1 aliphatic rings. The number of anilines is 1. The van der Waals surface area contributed by atoms with Crippen molar-refractivity contribution in [1.29, 1.82) is 0 Å². The smallest absolute Gasteiger partial charge is 0.419 e. The molecule has 0 saturated carbocycles. The fraction of sp³-hybridized carbons (Fsp3) is 0.100. The van der Waals surface area contributed by atoms with Crippen molar-refractivity contribution in [3.63, 3.8) is 0 Å². The van der Waals surface area contributed by atoms with Crippen molar-refractivity contribution < 1.29 is 19.5 Å². The van der Waals surface area contributed by atoms with Crippen LogP contribution < -0.4 is 4.90 Å². The number of carbonyl (C=O) groups is 3. The van der Waals surface area contributed by atoms with E-state index in [9.17, 15) is 14.4 Å². The maximum absolute atomic E-state index is 11.5. The Labute approximate surface area is 98.8 Å². The first-order valence-electron chi connectivity index (χ1n) is 4.37. The summed E-state index contributed by atoms with van der Waals surface area (Å²) in [4.78, 5) is 34.2. The molecule has 0 unspecified atom stereocenters. The third kappa shape index (κ3) is 1.42. The maximum atomic E-state index is 11.5. The Morgan fingerprint density at radius 1 is 1.38 bits per heavy atom. The van der Waals surface area contributed by atoms with E-state index in [1.165, 1.54) is 12.1 Å². The zero-order chi connectivity index (χ0) is 11.9. The average molecular weight is 284 g/mol. The molecule has 16 heavy (non-hydrogen) atoms. The van der Waals surface area contributed by atoms with Gasteiger partial charge in [-0.25, -0.2) is 9.69 Å². The molecule has 0 saturated heterocycles. The van der Waals surface area contributed by atoms with Gasteiger partial charge < -0.3 is 5.11 Å². The molecule has 5 nitrogen and oxygen atoms in total. The van der Waals surface area contributed by atoms with Crippen LogP contribution in [0.2, 0.25) is 0 Å². The molecular formula is C10H6BrNO4. The lowest BCUT2D eigenvalue weighted by Gasteiger charge is -2.09. The number of rotatable bonds is 1. The quantitative estimate of drug-likeness (QED) is 0.630. The molecule has 0 atom stereocenters. The molecule has 1 aromatic rings. The van der Waals surface area contributed by atoms with Gasteiger partial charge in [-0.15, -0.1) is 0 Å². The van der Waals surface area contributed by atoms with Gasteiger partial charge in [-0.2, -0.15) is 0 Å². The summed E-state index contributed by atoms with van der Waals surface area (Å²) in [5.41, 5.74) is 1.09. The number of nitrogens with zero attached hydrogens (tertiary/aromatic N) is 1. The van der Waals surface area contributed by atoms with Crippen molar-refractivity contribution in [2.45, 2.75) is 5.33 Å². The van der Waals surface area contributed by atoms with Gasteiger partial charge in [0.15, 0.2) is 0 Å². The standard InChI is InChI=1S/C10H6BrNO4/c11-4-5-1-2-7-6(3-5)8(13)9(14)12(7)10(15)16/h1-3H,4H2,(H,15,16). The van der Waals surface area contributed by atoms with Crippen LogP contribution in [0, 0.1) is 0 Å². The Hall–Kier alpha value is -1.69. The lowest BCUT2D eigenvalue weighted by molar-refractivity contribution is -0.113. The van der Waals surface area contributed by atoms with E-state index in [2.05, 4.69) is 15.9 Å². The molecule has 0 fully saturated rings. The number of halogens is 1. The highest BCUT2D eigenvalue weighted by atomic mass is 79.9. The predicted molar refractivity (Wildman–Crippen MR) is 58.9 cm³/mol. The molecule has 0 aliphatic carbocycles. The molecule has 6 heteroatoms. The average Bonchev–Trinajstić information content (AvgIpc) is 2.51. The molecule has 0 aromatic heterocycles. The molecule has 0 spiro atoms. The van der Waals surface area contributed by atoms with E-state index in [1.807, 2.05) is 0 Å². The lowest BCUT2D eigenvalue weighted by Crippen LogP contribution is -2.34. The molecule has 2 rings (SSSR count). The summed E-state index contributed by atoms with van der Waals surface area (Å²) in [6, 6.07) is 4.64. The second-order valence-corrected chi connectivity index (χ2v) is 3.80. The number of imide groups is 1. The third-order valence-electron chi connectivity index (χ3n) is 2.29. The number of fused-ring (bicyclic) bond motifs is 1. The van der Waals surface area contributed by atoms with Gasteiger partial charge in [-0.05, 0) is 17.7 Å². The summed E-state index contributed by atoms with van der Waals surface area (Å²) < 4.78 is 0. The van der Waals surface area contributed by atoms with Crippen molar-refractivity contribution in [3.8, 4) is 0 Å². The molecule has 2 amide bonds. The minimum Gasteiger partial charge on any atom is -0.464 e. The van der Waals surface area contributed by atoms with E-state index in [-0.39, 0.29) is 11.3 Å². The fourth-order valence-electron chi connectivity index (χ4n) is 1.56. The van der Waals surface area contributed by atoms with Gasteiger partial charge in [0, 0.05) is 5.33 Å². The second kappa shape index (κ2) is 3.71. The van der Waals surface area contributed by atoms with Crippen LogP contribution >= 0.6 is 15.9 Å². The van der Waals surface area contributed by atoms with Crippen LogP contribution in [0.3, 0.4) is 0 Å². The molecule has 1 N–H and O–H groups in total. The topological polar surface area (TPSA) is 74.7 Å². The number of benzene rings is 1. The van der Waals surface area contributed by atoms with Crippen molar-refractivity contribution in [3.05, 3.63) is 29.3 Å². The van der Waals surface area contributed by atoms with Crippen molar-refractivity contribution in [2.24, 2.45) is 0 Å². The van der Waals surface area contributed by atoms with Gasteiger partial charge >= 0.3 is 12.0 Å². The highest BCUT2D eigenvalue weighted by Crippen LogP contribution is 2.30. The number of hydrogen-bond donors (Lipinski definition) is 1. The molecule has 0 radical (unpaired) electrons. The van der Waals surface area contributed by atoms with Crippen molar-refractivity contribution in [2.75, 3.05) is 4.90 Å². The Balaban J connectivity index is 2.60. The zero-order valence-corrected chi connectivity index (χ0v) is 9.52. The van der Waals surface area contributed by atoms with E-state index in [4.69, 9.17) is 5.11 Å². The Morgan fingerprint density at radius 3 is 2.62 bits per heavy atom. The number of amides is 2. The number of carboxylic acid groups (broad SMARTS) is 1. The van der Waals surface area contributed by atoms with Crippen LogP contribution in [0.1, 0.15) is 15.9 Å². The second-order valence-electron chi connectivity index (χ2n) is 3.24. The monoisotopic (exact) mass is 283 g/mol. The van der Waals surface area contributed by atoms with E-state index < -0.39 is 17.8 Å². The van der Waals surface area contributed by atoms with Gasteiger partial charge in [0.05, 0.1) is 11.3 Å². The van der Waals surface area contributed by atoms with E-state index in [1.54, 1.807) is 6.07 Å². The summed E-state index contributed by atoms with van der Waals surface area (Å²) in [6.07, 6.45) is -1.44. The molecular weight excluding hydrogens is 278 g/mol. The number of alkyl halides is 1. The van der Waals surface area contributed by atoms with Gasteiger partial charge in [0.1, 0.15) is 0 Å². The van der Waals surface area contributed by atoms with Crippen LogP contribution in [-0.4, -0.2) is 22.9 Å². The number of ketones is 1. The minimum atomic E-state index is -1.44. The Bertz CT molecular complexity index is 512. The highest BCUT2D eigenvalue weighted by molar-refractivity contribution is 9.08. The first-order valence-corrected chi connectivity index (χ1v) is 5.49. The molecule has 1 aliphatic heterocycles. The third-order valence-corrected chi connectivity index (χ3v) is 2.94. The molecule has 0 bridgehead atoms. The first kappa shape index (κ1) is 10.8. The number of Topliss-reactive ketones (excluding diaryl/α,β-unsaturated/α-hetero) is 1. The van der Waals surface area contributed by atoms with Crippen molar-refractivity contribution in [1.82, 2.24) is 0 Å². The van der Waals surface area contributed by atoms with Gasteiger partial charge in [0.2, 0.25) is 0 Å². The number of hydrogen-bond acceptors (Lipinski definition) is 3. The Morgan fingerprint density at radius 2 is 2.06 bits per heavy atom. The van der Waals surface area contributed by atoms with Crippen LogP contribution in [0.5, 0.6) is 0 Å². The lowest BCUT2D eigenvalue weighted by atomic mass is 10.1. The number of carbonyl (C=O) groups excluding carboxylic acids is 2. The van der Waals surface area contributed by atoms with Crippen LogP contribution in [-0.2, 0) is 10.1 Å². The summed E-state index contributed by atoms with van der Waals surface area (Å²) >= 11 is 3.22. The van der Waals surface area contributed by atoms with E-state index in [0.29, 0.717) is 10.2 Å². The zero-order valence-electron chi connectivity index (χ0n) is 7.94. The van der Waals surface area contributed by atoms with Gasteiger partial charge in [-0.1, -0.05) is 22.0 Å². The molecule has 82 valence electrons. The normalized spacial score (nSPS) is 14.2. The SMILES string of the molecule is O=C1C(=O)N(C(=O)O)c2ccc(CBr)cc21. The Kier molecular flexibility index (Phi) is 2.51. The summed E-state index contributed by atoms with van der Waals surface area (Å²) in [6.45, 7) is 0.